The van der Waals surface area contributed by atoms with E-state index in [4.69, 9.17) is 14.2 Å². The Morgan fingerprint density at radius 2 is 1.81 bits per heavy atom. The zero-order valence-electron chi connectivity index (χ0n) is 20.6. The molecule has 10 heteroatoms. The second-order valence-corrected chi connectivity index (χ2v) is 8.95. The number of rotatable bonds is 11. The standard InChI is InChI=1S/C27H31F3N2O5/c1-34-25-6-3-2-5-19(25)16-35-11-4-12-36-21-9-7-18(8-10-21)22-13-20-14-31-15-24(32-20)23(22)17-37-26(33)27(28,29)30/h2-3,5-10,20,24,31-32H,4,11-17H2,1H3. The van der Waals surface area contributed by atoms with E-state index in [1.807, 2.05) is 48.5 Å². The molecule has 37 heavy (non-hydrogen) atoms. The van der Waals surface area contributed by atoms with Crippen molar-refractivity contribution in [2.24, 2.45) is 0 Å². The first kappa shape index (κ1) is 27.0. The van der Waals surface area contributed by atoms with Crippen LogP contribution in [0.2, 0.25) is 0 Å². The van der Waals surface area contributed by atoms with Gasteiger partial charge in [0.2, 0.25) is 0 Å². The summed E-state index contributed by atoms with van der Waals surface area (Å²) in [6.07, 6.45) is -3.69. The molecular weight excluding hydrogens is 489 g/mol. The van der Waals surface area contributed by atoms with Crippen LogP contribution in [0.25, 0.3) is 5.57 Å². The second kappa shape index (κ2) is 12.4. The molecule has 7 nitrogen and oxygen atoms in total. The monoisotopic (exact) mass is 520 g/mol. The highest BCUT2D eigenvalue weighted by Crippen LogP contribution is 2.33. The van der Waals surface area contributed by atoms with Crippen LogP contribution in [0.4, 0.5) is 13.2 Å². The lowest BCUT2D eigenvalue weighted by Gasteiger charge is -2.39. The molecule has 2 heterocycles. The summed E-state index contributed by atoms with van der Waals surface area (Å²) in [6.45, 7) is 2.38. The SMILES string of the molecule is COc1ccccc1COCCCOc1ccc(C2=C(COC(=O)C(F)(F)F)C3CNCC(C2)N3)cc1. The van der Waals surface area contributed by atoms with Gasteiger partial charge >= 0.3 is 12.1 Å². The van der Waals surface area contributed by atoms with Gasteiger partial charge in [0.05, 0.1) is 26.9 Å². The molecular formula is C27H31F3N2O5. The van der Waals surface area contributed by atoms with E-state index in [2.05, 4.69) is 15.4 Å². The molecule has 1 fully saturated rings. The highest BCUT2D eigenvalue weighted by Gasteiger charge is 2.42. The van der Waals surface area contributed by atoms with Crippen LogP contribution in [0.15, 0.2) is 54.1 Å². The molecule has 0 radical (unpaired) electrons. The van der Waals surface area contributed by atoms with E-state index in [9.17, 15) is 18.0 Å². The molecule has 1 saturated heterocycles. The third-order valence-corrected chi connectivity index (χ3v) is 6.38. The second-order valence-electron chi connectivity index (χ2n) is 8.95. The van der Waals surface area contributed by atoms with Gasteiger partial charge in [-0.1, -0.05) is 30.3 Å². The number of para-hydroxylation sites is 1. The van der Waals surface area contributed by atoms with Crippen LogP contribution in [0.5, 0.6) is 11.5 Å². The summed E-state index contributed by atoms with van der Waals surface area (Å²) in [5, 5.41) is 6.67. The Labute approximate surface area is 213 Å². The summed E-state index contributed by atoms with van der Waals surface area (Å²) >= 11 is 0. The van der Waals surface area contributed by atoms with E-state index >= 15 is 0 Å². The number of esters is 1. The van der Waals surface area contributed by atoms with Crippen LogP contribution in [0.1, 0.15) is 24.0 Å². The van der Waals surface area contributed by atoms with Crippen LogP contribution in [-0.4, -0.2) is 64.2 Å². The lowest BCUT2D eigenvalue weighted by Crippen LogP contribution is -2.58. The predicted molar refractivity (Wildman–Crippen MR) is 131 cm³/mol. The summed E-state index contributed by atoms with van der Waals surface area (Å²) < 4.78 is 59.4. The molecule has 0 spiro atoms. The Balaban J connectivity index is 1.31. The van der Waals surface area contributed by atoms with Crippen LogP contribution in [0, 0.1) is 0 Å². The Kier molecular flexibility index (Phi) is 9.07. The molecule has 4 rings (SSSR count). The molecule has 0 aromatic heterocycles. The predicted octanol–water partition coefficient (Wildman–Crippen LogP) is 3.87. The van der Waals surface area contributed by atoms with Crippen LogP contribution in [0.3, 0.4) is 0 Å². The van der Waals surface area contributed by atoms with E-state index < -0.39 is 18.8 Å². The first-order valence-electron chi connectivity index (χ1n) is 12.2. The number of methoxy groups -OCH3 is 1. The van der Waals surface area contributed by atoms with Gasteiger partial charge in [0.25, 0.3) is 0 Å². The summed E-state index contributed by atoms with van der Waals surface area (Å²) in [5.41, 5.74) is 3.42. The number of halogens is 3. The average Bonchev–Trinajstić information content (AvgIpc) is 2.90. The highest BCUT2D eigenvalue weighted by atomic mass is 19.4. The van der Waals surface area contributed by atoms with E-state index in [1.54, 1.807) is 7.11 Å². The van der Waals surface area contributed by atoms with Gasteiger partial charge in [0, 0.05) is 37.2 Å². The fourth-order valence-electron chi connectivity index (χ4n) is 4.57. The molecule has 200 valence electrons. The molecule has 0 amide bonds. The van der Waals surface area contributed by atoms with Crippen molar-refractivity contribution in [2.45, 2.75) is 37.7 Å². The maximum atomic E-state index is 12.7. The summed E-state index contributed by atoms with van der Waals surface area (Å²) in [4.78, 5) is 11.3. The smallest absolute Gasteiger partial charge is 0.490 e. The summed E-state index contributed by atoms with van der Waals surface area (Å²) in [5.74, 6) is -0.694. The van der Waals surface area contributed by atoms with Gasteiger partial charge in [-0.3, -0.25) is 0 Å². The number of carbonyl (C=O) groups is 1. The first-order chi connectivity index (χ1) is 17.8. The zero-order chi connectivity index (χ0) is 26.3. The number of ether oxygens (including phenoxy) is 4. The average molecular weight is 521 g/mol. The minimum absolute atomic E-state index is 0.155. The number of nitrogens with one attached hydrogen (secondary N) is 2. The van der Waals surface area contributed by atoms with Crippen LogP contribution in [-0.2, 0) is 20.9 Å². The van der Waals surface area contributed by atoms with Crippen molar-refractivity contribution in [1.29, 1.82) is 0 Å². The fourth-order valence-corrected chi connectivity index (χ4v) is 4.57. The van der Waals surface area contributed by atoms with Gasteiger partial charge in [0.1, 0.15) is 18.1 Å². The van der Waals surface area contributed by atoms with E-state index in [-0.39, 0.29) is 12.1 Å². The Bertz CT molecular complexity index is 1090. The lowest BCUT2D eigenvalue weighted by atomic mass is 9.84. The van der Waals surface area contributed by atoms with Crippen LogP contribution >= 0.6 is 0 Å². The van der Waals surface area contributed by atoms with Gasteiger partial charge in [-0.05, 0) is 41.3 Å². The van der Waals surface area contributed by atoms with Gasteiger partial charge < -0.3 is 29.6 Å². The minimum atomic E-state index is -5.02. The molecule has 0 saturated carbocycles. The molecule has 2 bridgehead atoms. The molecule has 2 N–H and O–H groups in total. The van der Waals surface area contributed by atoms with Crippen molar-refractivity contribution in [3.8, 4) is 11.5 Å². The van der Waals surface area contributed by atoms with E-state index in [1.165, 1.54) is 0 Å². The largest absolute Gasteiger partial charge is 0.496 e. The lowest BCUT2D eigenvalue weighted by molar-refractivity contribution is -0.198. The van der Waals surface area contributed by atoms with Gasteiger partial charge in [-0.2, -0.15) is 13.2 Å². The van der Waals surface area contributed by atoms with Crippen molar-refractivity contribution >= 4 is 11.5 Å². The maximum Gasteiger partial charge on any atom is 0.490 e. The first-order valence-corrected chi connectivity index (χ1v) is 12.2. The van der Waals surface area contributed by atoms with E-state index in [0.29, 0.717) is 50.5 Å². The molecule has 2 aliphatic rings. The summed E-state index contributed by atoms with van der Waals surface area (Å²) in [6, 6.07) is 15.1. The molecule has 0 aliphatic carbocycles. The molecule has 2 atom stereocenters. The zero-order valence-corrected chi connectivity index (χ0v) is 20.6. The number of piperazine rings is 1. The highest BCUT2D eigenvalue weighted by molar-refractivity contribution is 5.77. The molecule has 2 aromatic rings. The number of hydrogen-bond acceptors (Lipinski definition) is 7. The van der Waals surface area contributed by atoms with E-state index in [0.717, 1.165) is 29.0 Å². The molecule has 2 aliphatic heterocycles. The topological polar surface area (TPSA) is 78.0 Å². The van der Waals surface area contributed by atoms with Crippen molar-refractivity contribution in [3.63, 3.8) is 0 Å². The van der Waals surface area contributed by atoms with Crippen LogP contribution < -0.4 is 20.1 Å². The third kappa shape index (κ3) is 7.24. The fraction of sp³-hybridized carbons (Fsp3) is 0.444. The molecule has 2 unspecified atom stereocenters. The Hall–Kier alpha value is -3.08. The third-order valence-electron chi connectivity index (χ3n) is 6.38. The Morgan fingerprint density at radius 3 is 2.57 bits per heavy atom. The minimum Gasteiger partial charge on any atom is -0.496 e. The number of alkyl halides is 3. The Morgan fingerprint density at radius 1 is 1.03 bits per heavy atom. The number of hydrogen-bond donors (Lipinski definition) is 2. The normalized spacial score (nSPS) is 19.5. The van der Waals surface area contributed by atoms with Crippen molar-refractivity contribution in [1.82, 2.24) is 10.6 Å². The molecule has 2 aromatic carbocycles. The number of fused-ring (bicyclic) bond motifs is 2. The van der Waals surface area contributed by atoms with Gasteiger partial charge in [-0.15, -0.1) is 0 Å². The van der Waals surface area contributed by atoms with Crippen molar-refractivity contribution < 1.29 is 36.9 Å². The number of carbonyl (C=O) groups excluding carboxylic acids is 1. The number of benzene rings is 2. The maximum absolute atomic E-state index is 12.7. The van der Waals surface area contributed by atoms with Gasteiger partial charge in [0.15, 0.2) is 0 Å². The van der Waals surface area contributed by atoms with Crippen molar-refractivity contribution in [2.75, 3.05) is 40.0 Å². The summed E-state index contributed by atoms with van der Waals surface area (Å²) in [7, 11) is 1.63. The van der Waals surface area contributed by atoms with Gasteiger partial charge in [-0.25, -0.2) is 4.79 Å². The van der Waals surface area contributed by atoms with Crippen molar-refractivity contribution in [3.05, 3.63) is 65.2 Å². The quantitative estimate of drug-likeness (QED) is 0.344.